The van der Waals surface area contributed by atoms with E-state index < -0.39 is 0 Å². The number of likely N-dealkylation sites (tertiary alicyclic amines) is 1. The van der Waals surface area contributed by atoms with Crippen molar-refractivity contribution in [3.63, 3.8) is 0 Å². The summed E-state index contributed by atoms with van der Waals surface area (Å²) in [5.41, 5.74) is 1.60. The molecule has 1 saturated heterocycles. The fraction of sp³-hybridized carbons (Fsp3) is 0.333. The number of nitrogens with zero attached hydrogens (tertiary/aromatic N) is 3. The zero-order valence-corrected chi connectivity index (χ0v) is 12.2. The lowest BCUT2D eigenvalue weighted by atomic mass is 10.1. The molecule has 1 fully saturated rings. The Morgan fingerprint density at radius 3 is 2.77 bits per heavy atom. The second-order valence-corrected chi connectivity index (χ2v) is 5.23. The van der Waals surface area contributed by atoms with Crippen molar-refractivity contribution in [1.29, 1.82) is 0 Å². The molecule has 3 rings (SSSR count). The Balaban J connectivity index is 1.64. The van der Waals surface area contributed by atoms with Gasteiger partial charge in [0.15, 0.2) is 5.82 Å². The lowest BCUT2D eigenvalue weighted by Gasteiger charge is -2.13. The molecule has 1 atom stereocenters. The maximum absolute atomic E-state index is 12.2. The highest BCUT2D eigenvalue weighted by Gasteiger charge is 2.33. The monoisotopic (exact) mass is 299 g/mol. The molecule has 22 heavy (non-hydrogen) atoms. The number of rotatable bonds is 4. The fourth-order valence-corrected chi connectivity index (χ4v) is 2.55. The maximum atomic E-state index is 12.2. The smallest absolute Gasteiger partial charge is 0.229 e. The van der Waals surface area contributed by atoms with Crippen LogP contribution in [0.5, 0.6) is 0 Å². The number of hydrogen-bond donors (Lipinski definition) is 2. The standard InChI is InChI=1S/C15H17N5O2/c1-2-20-8-11(7-13(20)21)15(22)18-12-5-3-10(4-6-12)14-16-9-17-19-14/h3-6,9,11H,2,7-8H2,1H3,(H,18,22)(H,16,17,19). The molecule has 2 N–H and O–H groups in total. The van der Waals surface area contributed by atoms with E-state index in [4.69, 9.17) is 0 Å². The predicted molar refractivity (Wildman–Crippen MR) is 80.8 cm³/mol. The molecule has 0 aliphatic carbocycles. The number of carbonyl (C=O) groups is 2. The fourth-order valence-electron chi connectivity index (χ4n) is 2.55. The summed E-state index contributed by atoms with van der Waals surface area (Å²) in [6.07, 6.45) is 1.73. The summed E-state index contributed by atoms with van der Waals surface area (Å²) in [6, 6.07) is 7.33. The molecule has 1 unspecified atom stereocenters. The van der Waals surface area contributed by atoms with Crippen LogP contribution in [-0.2, 0) is 9.59 Å². The van der Waals surface area contributed by atoms with E-state index in [0.717, 1.165) is 5.56 Å². The first-order chi connectivity index (χ1) is 10.7. The molecule has 1 aromatic carbocycles. The molecular weight excluding hydrogens is 282 g/mol. The van der Waals surface area contributed by atoms with Crippen LogP contribution < -0.4 is 5.32 Å². The van der Waals surface area contributed by atoms with E-state index in [1.807, 2.05) is 31.2 Å². The van der Waals surface area contributed by atoms with E-state index in [1.54, 1.807) is 4.90 Å². The van der Waals surface area contributed by atoms with Crippen LogP contribution in [0.3, 0.4) is 0 Å². The quantitative estimate of drug-likeness (QED) is 0.889. The van der Waals surface area contributed by atoms with Gasteiger partial charge in [-0.05, 0) is 31.2 Å². The van der Waals surface area contributed by atoms with Crippen molar-refractivity contribution >= 4 is 17.5 Å². The van der Waals surface area contributed by atoms with Gasteiger partial charge < -0.3 is 10.2 Å². The van der Waals surface area contributed by atoms with Gasteiger partial charge in [0.1, 0.15) is 6.33 Å². The van der Waals surface area contributed by atoms with E-state index in [1.165, 1.54) is 6.33 Å². The molecular formula is C15H17N5O2. The van der Waals surface area contributed by atoms with E-state index in [0.29, 0.717) is 24.6 Å². The molecule has 114 valence electrons. The van der Waals surface area contributed by atoms with Crippen molar-refractivity contribution in [3.05, 3.63) is 30.6 Å². The largest absolute Gasteiger partial charge is 0.342 e. The molecule has 0 saturated carbocycles. The van der Waals surface area contributed by atoms with Gasteiger partial charge in [-0.3, -0.25) is 14.7 Å². The van der Waals surface area contributed by atoms with E-state index >= 15 is 0 Å². The van der Waals surface area contributed by atoms with E-state index in [2.05, 4.69) is 20.5 Å². The van der Waals surface area contributed by atoms with Crippen molar-refractivity contribution in [1.82, 2.24) is 20.1 Å². The summed E-state index contributed by atoms with van der Waals surface area (Å²) in [5, 5.41) is 9.44. The summed E-state index contributed by atoms with van der Waals surface area (Å²) in [6.45, 7) is 3.06. The third-order valence-electron chi connectivity index (χ3n) is 3.81. The van der Waals surface area contributed by atoms with Crippen molar-refractivity contribution in [2.75, 3.05) is 18.4 Å². The number of H-pyrrole nitrogens is 1. The van der Waals surface area contributed by atoms with Crippen LogP contribution in [-0.4, -0.2) is 45.0 Å². The van der Waals surface area contributed by atoms with Crippen LogP contribution in [0, 0.1) is 5.92 Å². The van der Waals surface area contributed by atoms with Crippen LogP contribution in [0.2, 0.25) is 0 Å². The van der Waals surface area contributed by atoms with E-state index in [-0.39, 0.29) is 24.2 Å². The topological polar surface area (TPSA) is 91.0 Å². The minimum absolute atomic E-state index is 0.0447. The minimum Gasteiger partial charge on any atom is -0.342 e. The number of carbonyl (C=O) groups excluding carboxylic acids is 2. The van der Waals surface area contributed by atoms with Crippen LogP contribution in [0.25, 0.3) is 11.4 Å². The van der Waals surface area contributed by atoms with Gasteiger partial charge in [0.05, 0.1) is 5.92 Å². The zero-order valence-electron chi connectivity index (χ0n) is 12.2. The molecule has 2 aromatic rings. The SMILES string of the molecule is CCN1CC(C(=O)Nc2ccc(-c3ncn[nH]3)cc2)CC1=O. The van der Waals surface area contributed by atoms with Gasteiger partial charge in [-0.2, -0.15) is 5.10 Å². The van der Waals surface area contributed by atoms with Crippen LogP contribution in [0.4, 0.5) is 5.69 Å². The number of aromatic amines is 1. The van der Waals surface area contributed by atoms with Crippen LogP contribution in [0.1, 0.15) is 13.3 Å². The van der Waals surface area contributed by atoms with Gasteiger partial charge in [-0.15, -0.1) is 0 Å². The average Bonchev–Trinajstić information content (AvgIpc) is 3.17. The Morgan fingerprint density at radius 1 is 1.41 bits per heavy atom. The number of amides is 2. The van der Waals surface area contributed by atoms with Crippen LogP contribution in [0.15, 0.2) is 30.6 Å². The van der Waals surface area contributed by atoms with Gasteiger partial charge in [-0.25, -0.2) is 4.98 Å². The van der Waals surface area contributed by atoms with Crippen LogP contribution >= 0.6 is 0 Å². The summed E-state index contributed by atoms with van der Waals surface area (Å²) in [7, 11) is 0. The Morgan fingerprint density at radius 2 is 2.18 bits per heavy atom. The highest BCUT2D eigenvalue weighted by molar-refractivity contribution is 5.97. The second kappa shape index (κ2) is 5.97. The highest BCUT2D eigenvalue weighted by atomic mass is 16.2. The Hall–Kier alpha value is -2.70. The third kappa shape index (κ3) is 2.83. The zero-order chi connectivity index (χ0) is 15.5. The Labute approximate surface area is 127 Å². The lowest BCUT2D eigenvalue weighted by molar-refractivity contribution is -0.128. The molecule has 7 heteroatoms. The summed E-state index contributed by atoms with van der Waals surface area (Å²) < 4.78 is 0. The molecule has 2 amide bonds. The predicted octanol–water partition coefficient (Wildman–Crippen LogP) is 1.28. The number of benzene rings is 1. The lowest BCUT2D eigenvalue weighted by Crippen LogP contribution is -2.28. The van der Waals surface area contributed by atoms with Gasteiger partial charge in [0, 0.05) is 30.8 Å². The maximum Gasteiger partial charge on any atom is 0.229 e. The second-order valence-electron chi connectivity index (χ2n) is 5.23. The van der Waals surface area contributed by atoms with Gasteiger partial charge in [-0.1, -0.05) is 0 Å². The first-order valence-corrected chi connectivity index (χ1v) is 7.22. The summed E-state index contributed by atoms with van der Waals surface area (Å²) >= 11 is 0. The van der Waals surface area contributed by atoms with E-state index in [9.17, 15) is 9.59 Å². The van der Waals surface area contributed by atoms with Crippen molar-refractivity contribution < 1.29 is 9.59 Å². The molecule has 0 spiro atoms. The van der Waals surface area contributed by atoms with Crippen molar-refractivity contribution in [3.8, 4) is 11.4 Å². The number of hydrogen-bond acceptors (Lipinski definition) is 4. The summed E-state index contributed by atoms with van der Waals surface area (Å²) in [5.74, 6) is 0.333. The third-order valence-corrected chi connectivity index (χ3v) is 3.81. The Kier molecular flexibility index (Phi) is 3.86. The first-order valence-electron chi connectivity index (χ1n) is 7.22. The molecule has 2 heterocycles. The normalized spacial score (nSPS) is 17.8. The number of nitrogens with one attached hydrogen (secondary N) is 2. The van der Waals surface area contributed by atoms with Gasteiger partial charge in [0.25, 0.3) is 0 Å². The molecule has 1 aliphatic heterocycles. The average molecular weight is 299 g/mol. The molecule has 7 nitrogen and oxygen atoms in total. The highest BCUT2D eigenvalue weighted by Crippen LogP contribution is 2.21. The Bertz CT molecular complexity index is 666. The number of anilines is 1. The van der Waals surface area contributed by atoms with Gasteiger partial charge >= 0.3 is 0 Å². The first kappa shape index (κ1) is 14.2. The van der Waals surface area contributed by atoms with Gasteiger partial charge in [0.2, 0.25) is 11.8 Å². The minimum atomic E-state index is -0.276. The molecule has 1 aromatic heterocycles. The molecule has 0 radical (unpaired) electrons. The van der Waals surface area contributed by atoms with Crippen molar-refractivity contribution in [2.24, 2.45) is 5.92 Å². The molecule has 0 bridgehead atoms. The van der Waals surface area contributed by atoms with Crippen molar-refractivity contribution in [2.45, 2.75) is 13.3 Å². The molecule has 1 aliphatic rings. The summed E-state index contributed by atoms with van der Waals surface area (Å²) in [4.78, 5) is 29.7. The number of aromatic nitrogens is 3.